The molecule has 1 aromatic carbocycles. The lowest BCUT2D eigenvalue weighted by molar-refractivity contribution is -0.123. The molecule has 1 heterocycles. The van der Waals surface area contributed by atoms with E-state index in [9.17, 15) is 18.0 Å². The third-order valence-electron chi connectivity index (χ3n) is 4.00. The Labute approximate surface area is 148 Å². The van der Waals surface area contributed by atoms with Gasteiger partial charge in [0.05, 0.1) is 6.26 Å². The van der Waals surface area contributed by atoms with Crippen molar-refractivity contribution in [3.05, 3.63) is 24.3 Å². The Balaban J connectivity index is 2.09. The Morgan fingerprint density at radius 1 is 1.16 bits per heavy atom. The number of anilines is 2. The Morgan fingerprint density at radius 3 is 2.32 bits per heavy atom. The molecular formula is C17H25N3O4S. The number of benzene rings is 1. The lowest BCUT2D eigenvalue weighted by Gasteiger charge is -2.21. The highest BCUT2D eigenvalue weighted by Crippen LogP contribution is 2.23. The Morgan fingerprint density at radius 2 is 1.76 bits per heavy atom. The van der Waals surface area contributed by atoms with Gasteiger partial charge in [0, 0.05) is 23.3 Å². The maximum Gasteiger partial charge on any atom is 0.242 e. The van der Waals surface area contributed by atoms with Crippen molar-refractivity contribution in [3.8, 4) is 0 Å². The number of rotatable bonds is 4. The van der Waals surface area contributed by atoms with Gasteiger partial charge in [-0.3, -0.25) is 9.59 Å². The number of hydrogen-bond acceptors (Lipinski definition) is 4. The molecular weight excluding hydrogens is 342 g/mol. The topological polar surface area (TPSA) is 95.6 Å². The van der Waals surface area contributed by atoms with Crippen molar-refractivity contribution in [2.45, 2.75) is 39.7 Å². The van der Waals surface area contributed by atoms with E-state index in [4.69, 9.17) is 0 Å². The van der Waals surface area contributed by atoms with Gasteiger partial charge in [-0.15, -0.1) is 0 Å². The minimum atomic E-state index is -3.41. The minimum Gasteiger partial charge on any atom is -0.326 e. The van der Waals surface area contributed by atoms with Gasteiger partial charge in [0.2, 0.25) is 21.8 Å². The maximum atomic E-state index is 12.5. The van der Waals surface area contributed by atoms with Gasteiger partial charge in [0.1, 0.15) is 6.04 Å². The van der Waals surface area contributed by atoms with E-state index in [0.717, 1.165) is 6.26 Å². The Hall–Kier alpha value is -1.93. The molecule has 1 aliphatic heterocycles. The van der Waals surface area contributed by atoms with Gasteiger partial charge in [0.25, 0.3) is 0 Å². The van der Waals surface area contributed by atoms with Crippen LogP contribution in [0.15, 0.2) is 24.3 Å². The van der Waals surface area contributed by atoms with Gasteiger partial charge in [0.15, 0.2) is 0 Å². The standard InChI is InChI=1S/C17H25N3O4S/c1-17(2,3)16(22)19-13-8-5-7-12(11-13)18-15(21)14-9-6-10-20(14)25(4,23)24/h5,7-8,11,14H,6,9-10H2,1-4H3,(H,18,21)(H,19,22). The first kappa shape index (κ1) is 19.4. The molecule has 1 fully saturated rings. The summed E-state index contributed by atoms with van der Waals surface area (Å²) in [6, 6.07) is 6.11. The van der Waals surface area contributed by atoms with Gasteiger partial charge in [-0.2, -0.15) is 4.31 Å². The first-order valence-electron chi connectivity index (χ1n) is 8.18. The fourth-order valence-electron chi connectivity index (χ4n) is 2.62. The monoisotopic (exact) mass is 367 g/mol. The molecule has 0 aromatic heterocycles. The van der Waals surface area contributed by atoms with E-state index >= 15 is 0 Å². The smallest absolute Gasteiger partial charge is 0.242 e. The summed E-state index contributed by atoms with van der Waals surface area (Å²) in [7, 11) is -3.41. The van der Waals surface area contributed by atoms with E-state index < -0.39 is 21.5 Å². The normalized spacial score (nSPS) is 18.8. The van der Waals surface area contributed by atoms with E-state index in [-0.39, 0.29) is 11.8 Å². The molecule has 1 aromatic rings. The van der Waals surface area contributed by atoms with Crippen LogP contribution in [-0.4, -0.2) is 43.4 Å². The predicted octanol–water partition coefficient (Wildman–Crippen LogP) is 2.03. The van der Waals surface area contributed by atoms with E-state index in [1.54, 1.807) is 24.3 Å². The van der Waals surface area contributed by atoms with Crippen LogP contribution in [0.4, 0.5) is 11.4 Å². The summed E-state index contributed by atoms with van der Waals surface area (Å²) in [6.45, 7) is 5.80. The van der Waals surface area contributed by atoms with Crippen LogP contribution in [0.25, 0.3) is 0 Å². The van der Waals surface area contributed by atoms with Crippen LogP contribution in [-0.2, 0) is 19.6 Å². The lowest BCUT2D eigenvalue weighted by atomic mass is 9.95. The number of nitrogens with zero attached hydrogens (tertiary/aromatic N) is 1. The van der Waals surface area contributed by atoms with Crippen molar-refractivity contribution in [2.75, 3.05) is 23.4 Å². The molecule has 8 heteroatoms. The van der Waals surface area contributed by atoms with Crippen molar-refractivity contribution in [1.29, 1.82) is 0 Å². The van der Waals surface area contributed by atoms with Crippen LogP contribution in [0.1, 0.15) is 33.6 Å². The Kier molecular flexibility index (Phi) is 5.53. The number of nitrogens with one attached hydrogen (secondary N) is 2. The molecule has 0 saturated carbocycles. The second-order valence-corrected chi connectivity index (χ2v) is 9.24. The summed E-state index contributed by atoms with van der Waals surface area (Å²) < 4.78 is 24.8. The fraction of sp³-hybridized carbons (Fsp3) is 0.529. The van der Waals surface area contributed by atoms with Crippen LogP contribution >= 0.6 is 0 Å². The average molecular weight is 367 g/mol. The summed E-state index contributed by atoms with van der Waals surface area (Å²) in [4.78, 5) is 24.5. The summed E-state index contributed by atoms with van der Waals surface area (Å²) in [5.41, 5.74) is 0.556. The van der Waals surface area contributed by atoms with Gasteiger partial charge < -0.3 is 10.6 Å². The molecule has 25 heavy (non-hydrogen) atoms. The van der Waals surface area contributed by atoms with Crippen molar-refractivity contribution < 1.29 is 18.0 Å². The first-order chi connectivity index (χ1) is 11.5. The van der Waals surface area contributed by atoms with Crippen LogP contribution < -0.4 is 10.6 Å². The molecule has 2 N–H and O–H groups in total. The zero-order chi connectivity index (χ0) is 18.8. The molecule has 1 unspecified atom stereocenters. The van der Waals surface area contributed by atoms with E-state index in [2.05, 4.69) is 10.6 Å². The molecule has 138 valence electrons. The second kappa shape index (κ2) is 7.13. The Bertz CT molecular complexity index is 768. The van der Waals surface area contributed by atoms with Gasteiger partial charge >= 0.3 is 0 Å². The fourth-order valence-corrected chi connectivity index (χ4v) is 3.74. The van der Waals surface area contributed by atoms with Crippen LogP contribution in [0, 0.1) is 5.41 Å². The molecule has 1 saturated heterocycles. The SMILES string of the molecule is CC(C)(C)C(=O)Nc1cccc(NC(=O)C2CCCN2S(C)(=O)=O)c1. The zero-order valence-corrected chi connectivity index (χ0v) is 15.8. The van der Waals surface area contributed by atoms with Crippen LogP contribution in [0.2, 0.25) is 0 Å². The number of hydrogen-bond donors (Lipinski definition) is 2. The highest BCUT2D eigenvalue weighted by atomic mass is 32.2. The molecule has 0 aliphatic carbocycles. The molecule has 1 aliphatic rings. The minimum absolute atomic E-state index is 0.130. The molecule has 0 bridgehead atoms. The second-order valence-electron chi connectivity index (χ2n) is 7.31. The average Bonchev–Trinajstić information content (AvgIpc) is 2.96. The predicted molar refractivity (Wildman–Crippen MR) is 97.7 cm³/mol. The molecule has 2 amide bonds. The van der Waals surface area contributed by atoms with E-state index in [1.165, 1.54) is 4.31 Å². The van der Waals surface area contributed by atoms with Gasteiger partial charge in [-0.05, 0) is 31.0 Å². The lowest BCUT2D eigenvalue weighted by Crippen LogP contribution is -2.42. The van der Waals surface area contributed by atoms with Crippen molar-refractivity contribution in [1.82, 2.24) is 4.31 Å². The quantitative estimate of drug-likeness (QED) is 0.851. The van der Waals surface area contributed by atoms with E-state index in [0.29, 0.717) is 30.8 Å². The third-order valence-corrected chi connectivity index (χ3v) is 5.29. The van der Waals surface area contributed by atoms with Crippen molar-refractivity contribution in [3.63, 3.8) is 0 Å². The number of sulfonamides is 1. The highest BCUT2D eigenvalue weighted by Gasteiger charge is 2.36. The summed E-state index contributed by atoms with van der Waals surface area (Å²) in [5.74, 6) is -0.489. The number of carbonyl (C=O) groups is 2. The largest absolute Gasteiger partial charge is 0.326 e. The molecule has 2 rings (SSSR count). The summed E-state index contributed by atoms with van der Waals surface area (Å²) in [5, 5.41) is 5.54. The number of amides is 2. The van der Waals surface area contributed by atoms with Crippen LogP contribution in [0.5, 0.6) is 0 Å². The molecule has 1 atom stereocenters. The van der Waals surface area contributed by atoms with Crippen molar-refractivity contribution >= 4 is 33.2 Å². The third kappa shape index (κ3) is 5.02. The summed E-state index contributed by atoms with van der Waals surface area (Å²) in [6.07, 6.45) is 2.27. The molecule has 0 spiro atoms. The van der Waals surface area contributed by atoms with Gasteiger partial charge in [-0.25, -0.2) is 8.42 Å². The molecule has 0 radical (unpaired) electrons. The maximum absolute atomic E-state index is 12.5. The zero-order valence-electron chi connectivity index (χ0n) is 15.0. The number of carbonyl (C=O) groups excluding carboxylic acids is 2. The highest BCUT2D eigenvalue weighted by molar-refractivity contribution is 7.88. The molecule has 7 nitrogen and oxygen atoms in total. The first-order valence-corrected chi connectivity index (χ1v) is 10.0. The summed E-state index contributed by atoms with van der Waals surface area (Å²) >= 11 is 0. The van der Waals surface area contributed by atoms with Crippen LogP contribution in [0.3, 0.4) is 0 Å². The van der Waals surface area contributed by atoms with E-state index in [1.807, 2.05) is 20.8 Å². The van der Waals surface area contributed by atoms with Crippen molar-refractivity contribution in [2.24, 2.45) is 5.41 Å². The van der Waals surface area contributed by atoms with Gasteiger partial charge in [-0.1, -0.05) is 26.8 Å².